The Morgan fingerprint density at radius 3 is 2.38 bits per heavy atom. The molecule has 0 aromatic heterocycles. The lowest BCUT2D eigenvalue weighted by Gasteiger charge is -2.13. The van der Waals surface area contributed by atoms with Crippen molar-refractivity contribution < 1.29 is 33.4 Å². The summed E-state index contributed by atoms with van der Waals surface area (Å²) in [4.78, 5) is 51.4. The quantitative estimate of drug-likeness (QED) is 0.240. The third kappa shape index (κ3) is 6.87. The van der Waals surface area contributed by atoms with Crippen LogP contribution in [0.25, 0.3) is 6.08 Å². The zero-order valence-corrected chi connectivity index (χ0v) is 23.3. The van der Waals surface area contributed by atoms with Crippen LogP contribution in [-0.4, -0.2) is 55.1 Å². The van der Waals surface area contributed by atoms with Gasteiger partial charge in [-0.25, -0.2) is 0 Å². The fourth-order valence-corrected chi connectivity index (χ4v) is 4.73. The Kier molecular flexibility index (Phi) is 9.05. The number of halogens is 1. The van der Waals surface area contributed by atoms with Gasteiger partial charge in [-0.1, -0.05) is 46.3 Å². The SMILES string of the molecule is COc1ccccc1NC(=O)COc1ccc(/C=C2\SC(=O)N(CC(=O)c3ccc(Br)cc3)C2=O)cc1OC. The third-order valence-corrected chi connectivity index (χ3v) is 7.00. The molecule has 39 heavy (non-hydrogen) atoms. The summed E-state index contributed by atoms with van der Waals surface area (Å²) < 4.78 is 17.1. The second-order valence-electron chi connectivity index (χ2n) is 8.15. The molecule has 0 aliphatic carbocycles. The van der Waals surface area contributed by atoms with Crippen molar-refractivity contribution in [2.75, 3.05) is 32.7 Å². The summed E-state index contributed by atoms with van der Waals surface area (Å²) in [6.45, 7) is -0.629. The number of rotatable bonds is 10. The molecule has 4 rings (SSSR count). The van der Waals surface area contributed by atoms with Crippen LogP contribution in [0.5, 0.6) is 17.2 Å². The number of hydrogen-bond donors (Lipinski definition) is 1. The maximum Gasteiger partial charge on any atom is 0.293 e. The lowest BCUT2D eigenvalue weighted by atomic mass is 10.1. The van der Waals surface area contributed by atoms with E-state index in [1.165, 1.54) is 20.3 Å². The van der Waals surface area contributed by atoms with Gasteiger partial charge in [-0.15, -0.1) is 0 Å². The van der Waals surface area contributed by atoms with E-state index in [1.807, 2.05) is 0 Å². The van der Waals surface area contributed by atoms with Crippen LogP contribution in [0.2, 0.25) is 0 Å². The van der Waals surface area contributed by atoms with Gasteiger partial charge in [0.25, 0.3) is 17.1 Å². The number of thioether (sulfide) groups is 1. The number of imide groups is 1. The summed E-state index contributed by atoms with van der Waals surface area (Å²) in [5.41, 5.74) is 1.49. The topological polar surface area (TPSA) is 111 Å². The van der Waals surface area contributed by atoms with Gasteiger partial charge in [0.2, 0.25) is 0 Å². The van der Waals surface area contributed by atoms with Crippen molar-refractivity contribution in [3.63, 3.8) is 0 Å². The lowest BCUT2D eigenvalue weighted by molar-refractivity contribution is -0.122. The number of para-hydroxylation sites is 2. The number of methoxy groups -OCH3 is 2. The Bertz CT molecular complexity index is 1460. The van der Waals surface area contributed by atoms with E-state index in [1.54, 1.807) is 66.7 Å². The minimum absolute atomic E-state index is 0.176. The zero-order valence-electron chi connectivity index (χ0n) is 20.9. The van der Waals surface area contributed by atoms with Crippen molar-refractivity contribution in [1.29, 1.82) is 0 Å². The molecule has 1 N–H and O–H groups in total. The first-order valence-corrected chi connectivity index (χ1v) is 13.2. The molecule has 0 spiro atoms. The minimum Gasteiger partial charge on any atom is -0.495 e. The van der Waals surface area contributed by atoms with Gasteiger partial charge < -0.3 is 19.5 Å². The first kappa shape index (κ1) is 27.9. The molecule has 3 aromatic carbocycles. The molecule has 11 heteroatoms. The molecule has 1 aliphatic heterocycles. The number of hydrogen-bond acceptors (Lipinski definition) is 8. The van der Waals surface area contributed by atoms with E-state index < -0.39 is 17.1 Å². The Hall–Kier alpha value is -4.09. The predicted molar refractivity (Wildman–Crippen MR) is 151 cm³/mol. The highest BCUT2D eigenvalue weighted by atomic mass is 79.9. The van der Waals surface area contributed by atoms with Crippen molar-refractivity contribution in [3.05, 3.63) is 87.2 Å². The van der Waals surface area contributed by atoms with Gasteiger partial charge in [0.05, 0.1) is 31.4 Å². The number of benzene rings is 3. The molecule has 0 unspecified atom stereocenters. The number of ether oxygens (including phenoxy) is 3. The number of amides is 3. The average molecular weight is 611 g/mol. The van der Waals surface area contributed by atoms with Crippen molar-refractivity contribution in [1.82, 2.24) is 4.90 Å². The van der Waals surface area contributed by atoms with Crippen molar-refractivity contribution in [2.24, 2.45) is 0 Å². The van der Waals surface area contributed by atoms with Crippen molar-refractivity contribution in [2.45, 2.75) is 0 Å². The molecule has 0 atom stereocenters. The van der Waals surface area contributed by atoms with Crippen LogP contribution in [0.3, 0.4) is 0 Å². The Labute approximate surface area is 237 Å². The van der Waals surface area contributed by atoms with Crippen LogP contribution < -0.4 is 19.5 Å². The maximum atomic E-state index is 12.9. The van der Waals surface area contributed by atoms with Crippen LogP contribution in [-0.2, 0) is 9.59 Å². The normalized spacial score (nSPS) is 13.9. The van der Waals surface area contributed by atoms with Crippen molar-refractivity contribution in [3.8, 4) is 17.2 Å². The number of nitrogens with one attached hydrogen (secondary N) is 1. The van der Waals surface area contributed by atoms with E-state index in [9.17, 15) is 19.2 Å². The Morgan fingerprint density at radius 1 is 0.949 bits per heavy atom. The molecular weight excluding hydrogens is 588 g/mol. The molecular formula is C28H23BrN2O7S. The van der Waals surface area contributed by atoms with E-state index in [4.69, 9.17) is 14.2 Å². The van der Waals surface area contributed by atoms with E-state index >= 15 is 0 Å². The van der Waals surface area contributed by atoms with Gasteiger partial charge >= 0.3 is 0 Å². The third-order valence-electron chi connectivity index (χ3n) is 5.57. The molecule has 0 radical (unpaired) electrons. The summed E-state index contributed by atoms with van der Waals surface area (Å²) in [5.74, 6) is -0.116. The largest absolute Gasteiger partial charge is 0.495 e. The summed E-state index contributed by atoms with van der Waals surface area (Å²) in [7, 11) is 2.96. The molecule has 3 amide bonds. The standard InChI is InChI=1S/C28H23BrN2O7S/c1-36-22-6-4-3-5-20(22)30-26(33)16-38-23-12-7-17(13-24(23)37-2)14-25-27(34)31(28(35)39-25)15-21(32)18-8-10-19(29)11-9-18/h3-14H,15-16H2,1-2H3,(H,30,33)/b25-14-. The fraction of sp³-hybridized carbons (Fsp3) is 0.143. The number of ketones is 1. The fourth-order valence-electron chi connectivity index (χ4n) is 3.63. The molecule has 1 fully saturated rings. The first-order chi connectivity index (χ1) is 18.8. The van der Waals surface area contributed by atoms with Gasteiger partial charge in [-0.2, -0.15) is 0 Å². The number of Topliss-reactive ketones (excluding diaryl/α,β-unsaturated/α-hetero) is 1. The van der Waals surface area contributed by atoms with Gasteiger partial charge in [0.1, 0.15) is 5.75 Å². The molecule has 1 saturated heterocycles. The van der Waals surface area contributed by atoms with Gasteiger partial charge in [-0.3, -0.25) is 24.1 Å². The van der Waals surface area contributed by atoms with E-state index in [0.29, 0.717) is 34.1 Å². The molecule has 0 bridgehead atoms. The van der Waals surface area contributed by atoms with E-state index in [-0.39, 0.29) is 23.8 Å². The van der Waals surface area contributed by atoms with Gasteiger partial charge in [-0.05, 0) is 59.8 Å². The maximum absolute atomic E-state index is 12.9. The average Bonchev–Trinajstić information content (AvgIpc) is 3.20. The van der Waals surface area contributed by atoms with E-state index in [2.05, 4.69) is 21.2 Å². The van der Waals surface area contributed by atoms with E-state index in [0.717, 1.165) is 21.1 Å². The molecule has 200 valence electrons. The smallest absolute Gasteiger partial charge is 0.293 e. The predicted octanol–water partition coefficient (Wildman–Crippen LogP) is 5.40. The first-order valence-electron chi connectivity index (χ1n) is 11.6. The highest BCUT2D eigenvalue weighted by Gasteiger charge is 2.36. The van der Waals surface area contributed by atoms with Crippen LogP contribution in [0.15, 0.2) is 76.1 Å². The Balaban J connectivity index is 1.41. The Morgan fingerprint density at radius 2 is 1.67 bits per heavy atom. The summed E-state index contributed by atoms with van der Waals surface area (Å²) >= 11 is 4.06. The van der Waals surface area contributed by atoms with Crippen LogP contribution in [0, 0.1) is 0 Å². The summed E-state index contributed by atoms with van der Waals surface area (Å²) in [6.07, 6.45) is 1.54. The van der Waals surface area contributed by atoms with Crippen LogP contribution in [0.4, 0.5) is 10.5 Å². The van der Waals surface area contributed by atoms with Gasteiger partial charge in [0, 0.05) is 10.0 Å². The monoisotopic (exact) mass is 610 g/mol. The van der Waals surface area contributed by atoms with Gasteiger partial charge in [0.15, 0.2) is 23.9 Å². The van der Waals surface area contributed by atoms with Crippen LogP contribution >= 0.6 is 27.7 Å². The minimum atomic E-state index is -0.553. The number of carbonyl (C=O) groups is 4. The summed E-state index contributed by atoms with van der Waals surface area (Å²) in [6, 6.07) is 18.6. The lowest BCUT2D eigenvalue weighted by Crippen LogP contribution is -2.33. The number of carbonyl (C=O) groups excluding carboxylic acids is 4. The molecule has 1 aliphatic rings. The highest BCUT2D eigenvalue weighted by molar-refractivity contribution is 9.10. The van der Waals surface area contributed by atoms with Crippen LogP contribution in [0.1, 0.15) is 15.9 Å². The molecule has 9 nitrogen and oxygen atoms in total. The summed E-state index contributed by atoms with van der Waals surface area (Å²) in [5, 5.41) is 2.20. The number of anilines is 1. The van der Waals surface area contributed by atoms with Crippen molar-refractivity contribution >= 4 is 62.3 Å². The number of nitrogens with zero attached hydrogens (tertiary/aromatic N) is 1. The zero-order chi connectivity index (χ0) is 27.9. The highest BCUT2D eigenvalue weighted by Crippen LogP contribution is 2.35. The molecule has 3 aromatic rings. The molecule has 0 saturated carbocycles. The molecule has 1 heterocycles. The second kappa shape index (κ2) is 12.6. The second-order valence-corrected chi connectivity index (χ2v) is 10.1.